The van der Waals surface area contributed by atoms with Crippen molar-refractivity contribution in [3.8, 4) is 0 Å². The highest BCUT2D eigenvalue weighted by atomic mass is 16.5. The summed E-state index contributed by atoms with van der Waals surface area (Å²) < 4.78 is 0. The molecular weight excluding hydrogens is 132 g/mol. The average molecular weight is 139 g/mol. The van der Waals surface area contributed by atoms with Crippen LogP contribution in [0.1, 0.15) is 0 Å². The van der Waals surface area contributed by atoms with Crippen molar-refractivity contribution in [2.24, 2.45) is 0 Å². The van der Waals surface area contributed by atoms with E-state index in [-0.39, 0.29) is 0 Å². The predicted octanol–water partition coefficient (Wildman–Crippen LogP) is -0.0566. The molecule has 0 aromatic heterocycles. The number of hydrogen-bond acceptors (Lipinski definition) is 3. The summed E-state index contributed by atoms with van der Waals surface area (Å²) in [5.41, 5.74) is 0.524. The second-order valence-corrected chi connectivity index (χ2v) is 1.85. The molecule has 1 heterocycles. The molecule has 0 bridgehead atoms. The maximum absolute atomic E-state index is 10.6. The van der Waals surface area contributed by atoms with Gasteiger partial charge in [-0.25, -0.2) is 0 Å². The Morgan fingerprint density at radius 3 is 3.20 bits per heavy atom. The third-order valence-electron chi connectivity index (χ3n) is 1.09. The van der Waals surface area contributed by atoms with Gasteiger partial charge in [-0.3, -0.25) is 4.79 Å². The molecule has 0 aromatic carbocycles. The molecule has 0 radical (unpaired) electrons. The minimum absolute atomic E-state index is 0.351. The molecule has 1 aliphatic heterocycles. The van der Waals surface area contributed by atoms with Gasteiger partial charge in [0.25, 0.3) is 0 Å². The zero-order valence-electron chi connectivity index (χ0n) is 5.28. The number of carbonyl (C=O) groups excluding carboxylic acids is 1. The summed E-state index contributed by atoms with van der Waals surface area (Å²) in [5, 5.41) is 13.7. The van der Waals surface area contributed by atoms with Gasteiger partial charge in [0.15, 0.2) is 0 Å². The molecule has 0 fully saturated rings. The first-order valence-corrected chi connectivity index (χ1v) is 2.85. The van der Waals surface area contributed by atoms with Crippen molar-refractivity contribution >= 4 is 6.41 Å². The molecule has 1 N–H and O–H groups in total. The van der Waals surface area contributed by atoms with Gasteiger partial charge in [-0.05, 0) is 6.08 Å². The highest BCUT2D eigenvalue weighted by molar-refractivity contribution is 5.52. The Bertz CT molecular complexity index is 186. The highest BCUT2D eigenvalue weighted by Gasteiger charge is 1.94. The van der Waals surface area contributed by atoms with Crippen molar-refractivity contribution < 1.29 is 4.79 Å². The Kier molecular flexibility index (Phi) is 2.07. The van der Waals surface area contributed by atoms with E-state index in [2.05, 4.69) is 5.32 Å². The van der Waals surface area contributed by atoms with E-state index in [1.807, 2.05) is 0 Å². The van der Waals surface area contributed by atoms with Gasteiger partial charge in [-0.1, -0.05) is 6.08 Å². The monoisotopic (exact) mass is 139 g/mol. The topological polar surface area (TPSA) is 55.4 Å². The molecule has 0 aromatic rings. The zero-order chi connectivity index (χ0) is 7.40. The first-order valence-electron chi connectivity index (χ1n) is 2.85. The van der Waals surface area contributed by atoms with Crippen LogP contribution in [0, 0.1) is 5.21 Å². The lowest BCUT2D eigenvalue weighted by Crippen LogP contribution is -2.18. The van der Waals surface area contributed by atoms with Gasteiger partial charge in [-0.15, -0.1) is 0 Å². The summed E-state index contributed by atoms with van der Waals surface area (Å²) >= 11 is 0. The van der Waals surface area contributed by atoms with Crippen LogP contribution in [0.4, 0.5) is 0 Å². The molecule has 0 unspecified atom stereocenters. The molecule has 0 saturated heterocycles. The fourth-order valence-electron chi connectivity index (χ4n) is 0.688. The molecule has 1 aliphatic rings. The first-order chi connectivity index (χ1) is 4.83. The molecule has 0 aliphatic carbocycles. The molecule has 0 spiro atoms. The van der Waals surface area contributed by atoms with Crippen LogP contribution in [0.3, 0.4) is 0 Å². The number of nitrogens with one attached hydrogen (secondary N) is 1. The number of hydrogen-bond donors (Lipinski definition) is 1. The standard InChI is InChI=1S/C6H7N2O2/c9-5-7-6-2-1-3-8(10)4-6/h1-2,4-5H,3H2,(H,7,9)/q-1. The Balaban J connectivity index is 2.57. The van der Waals surface area contributed by atoms with Gasteiger partial charge in [-0.2, -0.15) is 0 Å². The van der Waals surface area contributed by atoms with Crippen LogP contribution in [0.5, 0.6) is 0 Å². The largest absolute Gasteiger partial charge is 0.758 e. The summed E-state index contributed by atoms with van der Waals surface area (Å²) in [5.74, 6) is 0. The molecule has 4 nitrogen and oxygen atoms in total. The van der Waals surface area contributed by atoms with Crippen LogP contribution < -0.4 is 5.32 Å². The van der Waals surface area contributed by atoms with Gasteiger partial charge in [0.2, 0.25) is 6.41 Å². The lowest BCUT2D eigenvalue weighted by molar-refractivity contribution is -0.108. The third-order valence-corrected chi connectivity index (χ3v) is 1.09. The van der Waals surface area contributed by atoms with Gasteiger partial charge in [0.1, 0.15) is 0 Å². The van der Waals surface area contributed by atoms with E-state index in [9.17, 15) is 10.0 Å². The molecular formula is C6H7N2O2-. The number of amides is 1. The smallest absolute Gasteiger partial charge is 0.211 e. The Labute approximate surface area is 58.4 Å². The molecule has 0 saturated carbocycles. The van der Waals surface area contributed by atoms with Crippen molar-refractivity contribution in [1.82, 2.24) is 10.4 Å². The fraction of sp³-hybridized carbons (Fsp3) is 0.167. The Hall–Kier alpha value is -1.29. The van der Waals surface area contributed by atoms with Crippen LogP contribution in [0.25, 0.3) is 0 Å². The Morgan fingerprint density at radius 1 is 1.80 bits per heavy atom. The van der Waals surface area contributed by atoms with E-state index in [0.717, 1.165) is 5.06 Å². The molecule has 4 heteroatoms. The average Bonchev–Trinajstić information content (AvgIpc) is 1.88. The number of allylic oxidation sites excluding steroid dienone is 1. The summed E-state index contributed by atoms with van der Waals surface area (Å²) in [6.45, 7) is 0.351. The fourth-order valence-corrected chi connectivity index (χ4v) is 0.688. The van der Waals surface area contributed by atoms with Gasteiger partial charge >= 0.3 is 0 Å². The van der Waals surface area contributed by atoms with Crippen LogP contribution in [-0.2, 0) is 4.79 Å². The molecule has 54 valence electrons. The summed E-state index contributed by atoms with van der Waals surface area (Å²) in [6, 6.07) is 0. The number of rotatable bonds is 2. The first kappa shape index (κ1) is 6.82. The van der Waals surface area contributed by atoms with Crippen molar-refractivity contribution in [3.63, 3.8) is 0 Å². The maximum atomic E-state index is 10.6. The summed E-state index contributed by atoms with van der Waals surface area (Å²) in [6.07, 6.45) is 5.23. The van der Waals surface area contributed by atoms with Gasteiger partial charge in [0.05, 0.1) is 5.70 Å². The summed E-state index contributed by atoms with van der Waals surface area (Å²) in [4.78, 5) is 9.87. The van der Waals surface area contributed by atoms with E-state index in [4.69, 9.17) is 0 Å². The number of nitrogens with zero attached hydrogens (tertiary/aromatic N) is 1. The highest BCUT2D eigenvalue weighted by Crippen LogP contribution is 2.01. The SMILES string of the molecule is O=CNC1=CN([O-])CC=C1. The zero-order valence-corrected chi connectivity index (χ0v) is 5.28. The van der Waals surface area contributed by atoms with E-state index in [0.29, 0.717) is 18.7 Å². The lowest BCUT2D eigenvalue weighted by Gasteiger charge is -2.27. The molecule has 10 heavy (non-hydrogen) atoms. The normalized spacial score (nSPS) is 16.5. The van der Waals surface area contributed by atoms with Crippen LogP contribution >= 0.6 is 0 Å². The maximum Gasteiger partial charge on any atom is 0.211 e. The Morgan fingerprint density at radius 2 is 2.60 bits per heavy atom. The van der Waals surface area contributed by atoms with E-state index < -0.39 is 0 Å². The van der Waals surface area contributed by atoms with Crippen LogP contribution in [-0.4, -0.2) is 18.0 Å². The van der Waals surface area contributed by atoms with Gasteiger partial charge < -0.3 is 15.6 Å². The molecule has 1 rings (SSSR count). The van der Waals surface area contributed by atoms with Crippen LogP contribution in [0.15, 0.2) is 24.0 Å². The second-order valence-electron chi connectivity index (χ2n) is 1.85. The molecule has 0 atom stereocenters. The minimum Gasteiger partial charge on any atom is -0.758 e. The van der Waals surface area contributed by atoms with Gasteiger partial charge in [0, 0.05) is 12.7 Å². The number of carbonyl (C=O) groups is 1. The summed E-state index contributed by atoms with van der Waals surface area (Å²) in [7, 11) is 0. The molecule has 1 amide bonds. The number of hydroxylamine groups is 2. The van der Waals surface area contributed by atoms with Crippen molar-refractivity contribution in [2.75, 3.05) is 6.54 Å². The second kappa shape index (κ2) is 3.03. The van der Waals surface area contributed by atoms with Crippen molar-refractivity contribution in [2.45, 2.75) is 0 Å². The predicted molar refractivity (Wildman–Crippen MR) is 36.5 cm³/mol. The van der Waals surface area contributed by atoms with Crippen LogP contribution in [0.2, 0.25) is 0 Å². The lowest BCUT2D eigenvalue weighted by atomic mass is 10.3. The quantitative estimate of drug-likeness (QED) is 0.545. The van der Waals surface area contributed by atoms with Crippen molar-refractivity contribution in [3.05, 3.63) is 29.3 Å². The third kappa shape index (κ3) is 1.60. The van der Waals surface area contributed by atoms with E-state index in [1.165, 1.54) is 6.20 Å². The van der Waals surface area contributed by atoms with E-state index >= 15 is 0 Å². The minimum atomic E-state index is 0.351. The van der Waals surface area contributed by atoms with Crippen molar-refractivity contribution in [1.29, 1.82) is 0 Å². The van der Waals surface area contributed by atoms with E-state index in [1.54, 1.807) is 12.2 Å².